The Morgan fingerprint density at radius 3 is 2.06 bits per heavy atom. The molecule has 192 valence electrons. The van der Waals surface area contributed by atoms with E-state index in [1.165, 1.54) is 56.6 Å². The van der Waals surface area contributed by atoms with Crippen molar-refractivity contribution in [3.63, 3.8) is 0 Å². The van der Waals surface area contributed by atoms with Crippen molar-refractivity contribution in [2.75, 3.05) is 35.0 Å². The van der Waals surface area contributed by atoms with Crippen LogP contribution in [0.3, 0.4) is 0 Å². The molecule has 0 radical (unpaired) electrons. The zero-order valence-electron chi connectivity index (χ0n) is 20.2. The number of aryl methyl sites for hydroxylation is 2. The van der Waals surface area contributed by atoms with Gasteiger partial charge in [0.2, 0.25) is 5.91 Å². The predicted molar refractivity (Wildman–Crippen MR) is 138 cm³/mol. The van der Waals surface area contributed by atoms with Gasteiger partial charge in [0.1, 0.15) is 12.4 Å². The highest BCUT2D eigenvalue weighted by atomic mass is 32.2. The average Bonchev–Trinajstić information content (AvgIpc) is 2.80. The van der Waals surface area contributed by atoms with Crippen molar-refractivity contribution in [2.24, 2.45) is 0 Å². The van der Waals surface area contributed by atoms with Gasteiger partial charge >= 0.3 is 10.2 Å². The Kier molecular flexibility index (Phi) is 8.02. The normalized spacial score (nSPS) is 11.8. The van der Waals surface area contributed by atoms with Crippen molar-refractivity contribution in [1.82, 2.24) is 4.31 Å². The number of benzene rings is 3. The van der Waals surface area contributed by atoms with Crippen LogP contribution in [-0.4, -0.2) is 47.7 Å². The van der Waals surface area contributed by atoms with Crippen LogP contribution in [0.1, 0.15) is 11.1 Å². The van der Waals surface area contributed by atoms with Gasteiger partial charge in [-0.3, -0.25) is 9.52 Å². The lowest BCUT2D eigenvalue weighted by Gasteiger charge is -2.27. The van der Waals surface area contributed by atoms with E-state index in [-0.39, 0.29) is 16.3 Å². The third kappa shape index (κ3) is 6.20. The Morgan fingerprint density at radius 2 is 1.47 bits per heavy atom. The van der Waals surface area contributed by atoms with E-state index < -0.39 is 38.5 Å². The van der Waals surface area contributed by atoms with Gasteiger partial charge in [-0.15, -0.1) is 0 Å². The molecule has 0 spiro atoms. The molecule has 0 saturated carbocycles. The van der Waals surface area contributed by atoms with Crippen molar-refractivity contribution in [3.8, 4) is 0 Å². The summed E-state index contributed by atoms with van der Waals surface area (Å²) in [6.07, 6.45) is 0. The molecule has 0 unspecified atom stereocenters. The molecule has 0 aliphatic carbocycles. The second-order valence-electron chi connectivity index (χ2n) is 8.23. The molecule has 2 N–H and O–H groups in total. The molecule has 0 aliphatic heterocycles. The van der Waals surface area contributed by atoms with Crippen molar-refractivity contribution >= 4 is 43.2 Å². The van der Waals surface area contributed by atoms with Crippen molar-refractivity contribution in [3.05, 3.63) is 83.7 Å². The van der Waals surface area contributed by atoms with Gasteiger partial charge in [0.25, 0.3) is 10.0 Å². The maximum atomic E-state index is 14.3. The monoisotopic (exact) mass is 534 g/mol. The molecule has 0 atom stereocenters. The van der Waals surface area contributed by atoms with E-state index in [0.29, 0.717) is 9.99 Å². The van der Waals surface area contributed by atoms with Crippen LogP contribution in [0, 0.1) is 19.7 Å². The van der Waals surface area contributed by atoms with E-state index in [1.807, 2.05) is 19.9 Å². The quantitative estimate of drug-likeness (QED) is 0.436. The highest BCUT2D eigenvalue weighted by Gasteiger charge is 2.29. The molecule has 1 amide bonds. The number of carbonyl (C=O) groups is 1. The second kappa shape index (κ2) is 10.6. The Bertz CT molecular complexity index is 1470. The molecule has 36 heavy (non-hydrogen) atoms. The highest BCUT2D eigenvalue weighted by molar-refractivity contribution is 7.92. The predicted octanol–water partition coefficient (Wildman–Crippen LogP) is 3.49. The Morgan fingerprint density at radius 1 is 0.861 bits per heavy atom. The zero-order chi connectivity index (χ0) is 26.7. The Labute approximate surface area is 210 Å². The number of anilines is 3. The third-order valence-electron chi connectivity index (χ3n) is 5.36. The number of hydrogen-bond acceptors (Lipinski definition) is 5. The maximum absolute atomic E-state index is 14.3. The number of amides is 1. The lowest BCUT2D eigenvalue weighted by atomic mass is 10.1. The molecule has 9 nitrogen and oxygen atoms in total. The van der Waals surface area contributed by atoms with E-state index in [1.54, 1.807) is 12.1 Å². The standard InChI is InChI=1S/C24H27FN4O5S2/c1-17-9-10-20(15-18(17)2)27-35(31,32)21-13-11-19(12-14-21)26-24(30)16-29(36(33,34)28(3)4)23-8-6-5-7-22(23)25/h5-15,27H,16H2,1-4H3,(H,26,30). The number of hydrogen-bond donors (Lipinski definition) is 2. The second-order valence-corrected chi connectivity index (χ2v) is 12.0. The number of halogens is 1. The van der Waals surface area contributed by atoms with Crippen LogP contribution >= 0.6 is 0 Å². The summed E-state index contributed by atoms with van der Waals surface area (Å²) in [4.78, 5) is 12.6. The largest absolute Gasteiger partial charge is 0.325 e. The summed E-state index contributed by atoms with van der Waals surface area (Å²) in [6, 6.07) is 15.8. The van der Waals surface area contributed by atoms with Crippen LogP contribution < -0.4 is 14.3 Å². The molecule has 12 heteroatoms. The topological polar surface area (TPSA) is 116 Å². The molecule has 0 fully saturated rings. The fourth-order valence-electron chi connectivity index (χ4n) is 3.21. The lowest BCUT2D eigenvalue weighted by molar-refractivity contribution is -0.114. The summed E-state index contributed by atoms with van der Waals surface area (Å²) in [5.74, 6) is -1.55. The molecule has 3 aromatic carbocycles. The molecule has 0 bridgehead atoms. The van der Waals surface area contributed by atoms with Crippen LogP contribution in [0.5, 0.6) is 0 Å². The minimum Gasteiger partial charge on any atom is -0.325 e. The minimum atomic E-state index is -4.19. The summed E-state index contributed by atoms with van der Waals surface area (Å²) < 4.78 is 69.3. The first kappa shape index (κ1) is 27.1. The molecule has 0 heterocycles. The summed E-state index contributed by atoms with van der Waals surface area (Å²) in [5.41, 5.74) is 2.35. The first-order valence-corrected chi connectivity index (χ1v) is 13.6. The van der Waals surface area contributed by atoms with Gasteiger partial charge in [-0.1, -0.05) is 18.2 Å². The summed E-state index contributed by atoms with van der Waals surface area (Å²) in [6.45, 7) is 3.10. The number of carbonyl (C=O) groups excluding carboxylic acids is 1. The van der Waals surface area contributed by atoms with Crippen molar-refractivity contribution in [1.29, 1.82) is 0 Å². The molecule has 0 aliphatic rings. The number of rotatable bonds is 9. The van der Waals surface area contributed by atoms with Crippen LogP contribution in [0.25, 0.3) is 0 Å². The Balaban J connectivity index is 1.76. The molecule has 3 rings (SSSR count). The van der Waals surface area contributed by atoms with Gasteiger partial charge in [0.05, 0.1) is 10.6 Å². The average molecular weight is 535 g/mol. The van der Waals surface area contributed by atoms with Gasteiger partial charge in [-0.05, 0) is 73.5 Å². The number of sulfonamides is 1. The van der Waals surface area contributed by atoms with E-state index in [2.05, 4.69) is 10.0 Å². The lowest BCUT2D eigenvalue weighted by Crippen LogP contribution is -2.44. The van der Waals surface area contributed by atoms with Crippen molar-refractivity contribution in [2.45, 2.75) is 18.7 Å². The number of nitrogens with zero attached hydrogens (tertiary/aromatic N) is 2. The summed E-state index contributed by atoms with van der Waals surface area (Å²) in [5, 5.41) is 2.51. The van der Waals surface area contributed by atoms with E-state index in [0.717, 1.165) is 21.5 Å². The van der Waals surface area contributed by atoms with Gasteiger partial charge in [0.15, 0.2) is 0 Å². The zero-order valence-corrected chi connectivity index (χ0v) is 21.8. The van der Waals surface area contributed by atoms with E-state index >= 15 is 0 Å². The van der Waals surface area contributed by atoms with E-state index in [9.17, 15) is 26.0 Å². The maximum Gasteiger partial charge on any atom is 0.304 e. The van der Waals surface area contributed by atoms with Crippen LogP contribution in [0.2, 0.25) is 0 Å². The fraction of sp³-hybridized carbons (Fsp3) is 0.208. The smallest absolute Gasteiger partial charge is 0.304 e. The van der Waals surface area contributed by atoms with Crippen LogP contribution in [0.15, 0.2) is 71.6 Å². The SMILES string of the molecule is Cc1ccc(NS(=O)(=O)c2ccc(NC(=O)CN(c3ccccc3F)S(=O)(=O)N(C)C)cc2)cc1C. The van der Waals surface area contributed by atoms with Crippen molar-refractivity contribution < 1.29 is 26.0 Å². The summed E-state index contributed by atoms with van der Waals surface area (Å²) in [7, 11) is -5.52. The molecule has 0 aromatic heterocycles. The van der Waals surface area contributed by atoms with Crippen LogP contribution in [0.4, 0.5) is 21.5 Å². The minimum absolute atomic E-state index is 0.0260. The first-order chi connectivity index (χ1) is 16.8. The Hall–Kier alpha value is -3.48. The van der Waals surface area contributed by atoms with Gasteiger partial charge in [-0.2, -0.15) is 12.7 Å². The number of para-hydroxylation sites is 1. The highest BCUT2D eigenvalue weighted by Crippen LogP contribution is 2.24. The molecular weight excluding hydrogens is 507 g/mol. The molecule has 0 saturated heterocycles. The summed E-state index contributed by atoms with van der Waals surface area (Å²) >= 11 is 0. The molecule has 3 aromatic rings. The van der Waals surface area contributed by atoms with Crippen LogP contribution in [-0.2, 0) is 25.0 Å². The first-order valence-electron chi connectivity index (χ1n) is 10.8. The number of nitrogens with one attached hydrogen (secondary N) is 2. The van der Waals surface area contributed by atoms with Gasteiger partial charge in [0, 0.05) is 25.5 Å². The fourth-order valence-corrected chi connectivity index (χ4v) is 5.33. The van der Waals surface area contributed by atoms with Gasteiger partial charge < -0.3 is 5.32 Å². The third-order valence-corrected chi connectivity index (χ3v) is 8.56. The van der Waals surface area contributed by atoms with Gasteiger partial charge in [-0.25, -0.2) is 17.1 Å². The molecular formula is C24H27FN4O5S2. The van der Waals surface area contributed by atoms with E-state index in [4.69, 9.17) is 0 Å².